The van der Waals surface area contributed by atoms with Gasteiger partial charge in [0.15, 0.2) is 5.82 Å². The van der Waals surface area contributed by atoms with Crippen molar-refractivity contribution in [3.8, 4) is 11.4 Å². The smallest absolute Gasteiger partial charge is 0.184 e. The van der Waals surface area contributed by atoms with E-state index in [0.29, 0.717) is 5.82 Å². The van der Waals surface area contributed by atoms with Gasteiger partial charge in [0.1, 0.15) is 5.54 Å². The van der Waals surface area contributed by atoms with Crippen molar-refractivity contribution in [3.63, 3.8) is 0 Å². The molecule has 1 heterocycles. The number of rotatable bonds is 4. The van der Waals surface area contributed by atoms with Crippen LogP contribution in [0.4, 0.5) is 0 Å². The fraction of sp³-hybridized carbons (Fsp3) is 0.0952. The van der Waals surface area contributed by atoms with Gasteiger partial charge in [0.05, 0.1) is 0 Å². The van der Waals surface area contributed by atoms with Gasteiger partial charge in [-0.3, -0.25) is 0 Å². The van der Waals surface area contributed by atoms with E-state index in [9.17, 15) is 0 Å². The summed E-state index contributed by atoms with van der Waals surface area (Å²) in [5.74, 6) is 0.715. The fourth-order valence-electron chi connectivity index (χ4n) is 3.24. The van der Waals surface area contributed by atoms with Crippen LogP contribution in [0.15, 0.2) is 89.4 Å². The third-order valence-corrected chi connectivity index (χ3v) is 5.37. The molecule has 0 saturated carbocycles. The maximum absolute atomic E-state index is 4.39. The Kier molecular flexibility index (Phi) is 4.39. The largest absolute Gasteiger partial charge is 0.210 e. The molecular weight excluding hydrogens is 388 g/mol. The van der Waals surface area contributed by atoms with Crippen molar-refractivity contribution in [3.05, 3.63) is 101 Å². The molecule has 0 spiro atoms. The van der Waals surface area contributed by atoms with Crippen molar-refractivity contribution in [1.29, 1.82) is 0 Å². The molecule has 0 atom stereocenters. The standard InChI is InChI=1S/C21H17BrN4/c1-21(16-10-4-2-5-11-16,17-12-6-3-7-13-17)26-20(23-24-25-26)18-14-8-9-15-19(18)22/h2-15H,1H3. The minimum atomic E-state index is -0.545. The molecule has 0 aliphatic heterocycles. The molecule has 0 bridgehead atoms. The van der Waals surface area contributed by atoms with Crippen LogP contribution in [0.25, 0.3) is 11.4 Å². The predicted molar refractivity (Wildman–Crippen MR) is 106 cm³/mol. The zero-order valence-electron chi connectivity index (χ0n) is 14.2. The van der Waals surface area contributed by atoms with Gasteiger partial charge in [0.2, 0.25) is 0 Å². The van der Waals surface area contributed by atoms with Gasteiger partial charge in [-0.25, -0.2) is 4.68 Å². The van der Waals surface area contributed by atoms with Gasteiger partial charge in [-0.2, -0.15) is 0 Å². The van der Waals surface area contributed by atoms with E-state index in [2.05, 4.69) is 62.6 Å². The van der Waals surface area contributed by atoms with Crippen molar-refractivity contribution >= 4 is 15.9 Å². The third-order valence-electron chi connectivity index (χ3n) is 4.68. The van der Waals surface area contributed by atoms with Crippen LogP contribution in [-0.4, -0.2) is 20.2 Å². The van der Waals surface area contributed by atoms with Crippen LogP contribution in [0.3, 0.4) is 0 Å². The van der Waals surface area contributed by atoms with Crippen LogP contribution in [0.5, 0.6) is 0 Å². The van der Waals surface area contributed by atoms with E-state index >= 15 is 0 Å². The van der Waals surface area contributed by atoms with Crippen molar-refractivity contribution in [1.82, 2.24) is 20.2 Å². The molecule has 4 aromatic rings. The Labute approximate surface area is 160 Å². The zero-order valence-corrected chi connectivity index (χ0v) is 15.8. The quantitative estimate of drug-likeness (QED) is 0.484. The molecule has 0 radical (unpaired) electrons. The summed E-state index contributed by atoms with van der Waals surface area (Å²) in [4.78, 5) is 0. The van der Waals surface area contributed by atoms with Crippen LogP contribution in [0.1, 0.15) is 18.1 Å². The normalized spacial score (nSPS) is 11.5. The minimum absolute atomic E-state index is 0.545. The summed E-state index contributed by atoms with van der Waals surface area (Å²) in [6.45, 7) is 2.15. The number of hydrogen-bond acceptors (Lipinski definition) is 3. The molecule has 4 rings (SSSR count). The Morgan fingerprint density at radius 2 is 1.31 bits per heavy atom. The summed E-state index contributed by atoms with van der Waals surface area (Å²) < 4.78 is 2.86. The summed E-state index contributed by atoms with van der Waals surface area (Å²) in [5.41, 5.74) is 2.64. The van der Waals surface area contributed by atoms with E-state index in [4.69, 9.17) is 0 Å². The summed E-state index contributed by atoms with van der Waals surface area (Å²) in [5, 5.41) is 12.7. The lowest BCUT2D eigenvalue weighted by Crippen LogP contribution is -2.34. The molecule has 4 nitrogen and oxygen atoms in total. The molecule has 0 fully saturated rings. The average molecular weight is 405 g/mol. The highest BCUT2D eigenvalue weighted by atomic mass is 79.9. The number of hydrogen-bond donors (Lipinski definition) is 0. The summed E-state index contributed by atoms with van der Waals surface area (Å²) in [7, 11) is 0. The summed E-state index contributed by atoms with van der Waals surface area (Å²) in [6, 6.07) is 28.6. The highest BCUT2D eigenvalue weighted by Crippen LogP contribution is 2.37. The Morgan fingerprint density at radius 1 is 0.769 bits per heavy atom. The third kappa shape index (κ3) is 2.74. The van der Waals surface area contributed by atoms with Crippen molar-refractivity contribution < 1.29 is 0 Å². The first-order valence-corrected chi connectivity index (χ1v) is 9.15. The SMILES string of the molecule is CC(c1ccccc1)(c1ccccc1)n1nnnc1-c1ccccc1Br. The molecule has 5 heteroatoms. The molecule has 0 unspecified atom stereocenters. The Balaban J connectivity index is 1.99. The number of aromatic nitrogens is 4. The van der Waals surface area contributed by atoms with Crippen molar-refractivity contribution in [2.45, 2.75) is 12.5 Å². The van der Waals surface area contributed by atoms with Gasteiger partial charge in [-0.1, -0.05) is 88.7 Å². The van der Waals surface area contributed by atoms with Crippen molar-refractivity contribution in [2.75, 3.05) is 0 Å². The van der Waals surface area contributed by atoms with Gasteiger partial charge in [0, 0.05) is 10.0 Å². The fourth-order valence-corrected chi connectivity index (χ4v) is 3.70. The Morgan fingerprint density at radius 3 is 1.88 bits per heavy atom. The van der Waals surface area contributed by atoms with Gasteiger partial charge in [0.25, 0.3) is 0 Å². The Hall–Kier alpha value is -2.79. The molecule has 0 saturated heterocycles. The van der Waals surface area contributed by atoms with Gasteiger partial charge >= 0.3 is 0 Å². The lowest BCUT2D eigenvalue weighted by molar-refractivity contribution is 0.418. The molecule has 0 N–H and O–H groups in total. The molecule has 0 amide bonds. The Bertz CT molecular complexity index is 973. The second-order valence-electron chi connectivity index (χ2n) is 6.20. The van der Waals surface area contributed by atoms with E-state index in [1.54, 1.807) is 0 Å². The van der Waals surface area contributed by atoms with Crippen LogP contribution in [-0.2, 0) is 5.54 Å². The first-order valence-electron chi connectivity index (χ1n) is 8.36. The van der Waals surface area contributed by atoms with Crippen LogP contribution in [0.2, 0.25) is 0 Å². The van der Waals surface area contributed by atoms with Crippen LogP contribution >= 0.6 is 15.9 Å². The first kappa shape index (κ1) is 16.7. The maximum Gasteiger partial charge on any atom is 0.184 e. The molecule has 1 aromatic heterocycles. The number of benzene rings is 3. The van der Waals surface area contributed by atoms with Crippen LogP contribution in [0, 0.1) is 0 Å². The highest BCUT2D eigenvalue weighted by Gasteiger charge is 2.35. The average Bonchev–Trinajstić information content (AvgIpc) is 3.19. The van der Waals surface area contributed by atoms with Gasteiger partial charge < -0.3 is 0 Å². The number of tetrazole rings is 1. The number of nitrogens with zero attached hydrogens (tertiary/aromatic N) is 4. The maximum atomic E-state index is 4.39. The second-order valence-corrected chi connectivity index (χ2v) is 7.05. The van der Waals surface area contributed by atoms with E-state index in [0.717, 1.165) is 21.2 Å². The monoisotopic (exact) mass is 404 g/mol. The molecular formula is C21H17BrN4. The van der Waals surface area contributed by atoms with E-state index in [-0.39, 0.29) is 0 Å². The predicted octanol–water partition coefficient (Wildman–Crippen LogP) is 4.91. The second kappa shape index (κ2) is 6.84. The lowest BCUT2D eigenvalue weighted by atomic mass is 9.84. The molecule has 128 valence electrons. The highest BCUT2D eigenvalue weighted by molar-refractivity contribution is 9.10. The van der Waals surface area contributed by atoms with E-state index in [1.807, 2.05) is 65.3 Å². The van der Waals surface area contributed by atoms with Crippen LogP contribution < -0.4 is 0 Å². The van der Waals surface area contributed by atoms with Crippen molar-refractivity contribution in [2.24, 2.45) is 0 Å². The lowest BCUT2D eigenvalue weighted by Gasteiger charge is -2.31. The summed E-state index contributed by atoms with van der Waals surface area (Å²) in [6.07, 6.45) is 0. The molecule has 26 heavy (non-hydrogen) atoms. The first-order chi connectivity index (χ1) is 12.7. The van der Waals surface area contributed by atoms with Gasteiger partial charge in [-0.05, 0) is 40.6 Å². The topological polar surface area (TPSA) is 43.6 Å². The summed E-state index contributed by atoms with van der Waals surface area (Å²) >= 11 is 3.62. The molecule has 3 aromatic carbocycles. The number of halogens is 1. The molecule has 0 aliphatic rings. The van der Waals surface area contributed by atoms with Gasteiger partial charge in [-0.15, -0.1) is 5.10 Å². The van der Waals surface area contributed by atoms with E-state index < -0.39 is 5.54 Å². The minimum Gasteiger partial charge on any atom is -0.210 e. The molecule has 0 aliphatic carbocycles. The van der Waals surface area contributed by atoms with E-state index in [1.165, 1.54) is 0 Å². The zero-order chi connectivity index (χ0) is 18.0.